The highest BCUT2D eigenvalue weighted by Crippen LogP contribution is 2.33. The predicted molar refractivity (Wildman–Crippen MR) is 73.6 cm³/mol. The summed E-state index contributed by atoms with van der Waals surface area (Å²) in [5.41, 5.74) is 6.98. The highest BCUT2D eigenvalue weighted by Gasteiger charge is 2.16. The third-order valence-electron chi connectivity index (χ3n) is 2.99. The molecule has 2 N–H and O–H groups in total. The molecule has 0 amide bonds. The third-order valence-corrected chi connectivity index (χ3v) is 2.99. The zero-order valence-corrected chi connectivity index (χ0v) is 11.2. The number of hydrogen-bond acceptors (Lipinski definition) is 3. The van der Waals surface area contributed by atoms with Gasteiger partial charge in [-0.05, 0) is 18.6 Å². The maximum atomic E-state index is 12.4. The van der Waals surface area contributed by atoms with Crippen LogP contribution in [0, 0.1) is 0 Å². The number of nitrogens with zero attached hydrogens (tertiary/aromatic N) is 2. The molecule has 0 aliphatic rings. The molecule has 0 unspecified atom stereocenters. The summed E-state index contributed by atoms with van der Waals surface area (Å²) in [4.78, 5) is 4.22. The van der Waals surface area contributed by atoms with Crippen molar-refractivity contribution in [2.24, 2.45) is 0 Å². The molecule has 20 heavy (non-hydrogen) atoms. The van der Waals surface area contributed by atoms with Gasteiger partial charge in [0.2, 0.25) is 0 Å². The maximum absolute atomic E-state index is 12.4. The molecule has 2 rings (SSSR count). The van der Waals surface area contributed by atoms with E-state index < -0.39 is 6.61 Å². The van der Waals surface area contributed by atoms with E-state index in [1.807, 2.05) is 4.57 Å². The van der Waals surface area contributed by atoms with Crippen molar-refractivity contribution in [1.29, 1.82) is 0 Å². The van der Waals surface area contributed by atoms with Gasteiger partial charge in [0.05, 0.1) is 6.33 Å². The summed E-state index contributed by atoms with van der Waals surface area (Å²) < 4.78 is 31.1. The normalized spacial score (nSPS) is 11.0. The lowest BCUT2D eigenvalue weighted by molar-refractivity contribution is -0.0494. The standard InChI is InChI=1S/C14H17F2N3O/c1-2-3-8-19-9-18-12(13(19)17)10-6-4-5-7-11(10)20-14(15)16/h4-7,9,14H,2-3,8,17H2,1H3. The maximum Gasteiger partial charge on any atom is 0.387 e. The number of hydrogen-bond donors (Lipinski definition) is 1. The molecule has 0 aliphatic heterocycles. The van der Waals surface area contributed by atoms with Crippen LogP contribution in [0.2, 0.25) is 0 Å². The highest BCUT2D eigenvalue weighted by molar-refractivity contribution is 5.75. The zero-order chi connectivity index (χ0) is 14.5. The van der Waals surface area contributed by atoms with Crippen LogP contribution in [0.25, 0.3) is 11.3 Å². The Kier molecular flexibility index (Phi) is 4.55. The SMILES string of the molecule is CCCCn1cnc(-c2ccccc2OC(F)F)c1N. The van der Waals surface area contributed by atoms with Crippen LogP contribution in [0.1, 0.15) is 19.8 Å². The van der Waals surface area contributed by atoms with Crippen molar-refractivity contribution in [2.45, 2.75) is 32.9 Å². The molecule has 0 aliphatic carbocycles. The fourth-order valence-electron chi connectivity index (χ4n) is 1.97. The van der Waals surface area contributed by atoms with Gasteiger partial charge in [0.1, 0.15) is 17.3 Å². The van der Waals surface area contributed by atoms with Crippen molar-refractivity contribution in [3.63, 3.8) is 0 Å². The van der Waals surface area contributed by atoms with Crippen molar-refractivity contribution in [1.82, 2.24) is 9.55 Å². The average Bonchev–Trinajstić information content (AvgIpc) is 2.78. The van der Waals surface area contributed by atoms with Gasteiger partial charge in [-0.3, -0.25) is 0 Å². The van der Waals surface area contributed by atoms with Gasteiger partial charge in [-0.2, -0.15) is 8.78 Å². The molecule has 0 fully saturated rings. The number of aromatic nitrogens is 2. The number of rotatable bonds is 6. The molecule has 108 valence electrons. The predicted octanol–water partition coefficient (Wildman–Crippen LogP) is 3.53. The Morgan fingerprint density at radius 3 is 2.80 bits per heavy atom. The fraction of sp³-hybridized carbons (Fsp3) is 0.357. The van der Waals surface area contributed by atoms with E-state index in [-0.39, 0.29) is 5.75 Å². The Labute approximate surface area is 116 Å². The van der Waals surface area contributed by atoms with Crippen LogP contribution in [0.3, 0.4) is 0 Å². The number of ether oxygens (including phenoxy) is 1. The molecule has 0 bridgehead atoms. The van der Waals surface area contributed by atoms with Gasteiger partial charge in [0, 0.05) is 12.1 Å². The summed E-state index contributed by atoms with van der Waals surface area (Å²) >= 11 is 0. The summed E-state index contributed by atoms with van der Waals surface area (Å²) in [6.45, 7) is -0.0351. The molecular weight excluding hydrogens is 264 g/mol. The molecule has 1 aromatic heterocycles. The first-order valence-electron chi connectivity index (χ1n) is 6.48. The third kappa shape index (κ3) is 3.07. The van der Waals surface area contributed by atoms with Crippen LogP contribution in [-0.2, 0) is 6.54 Å². The summed E-state index contributed by atoms with van der Waals surface area (Å²) in [5, 5.41) is 0. The minimum Gasteiger partial charge on any atom is -0.434 e. The molecule has 0 radical (unpaired) electrons. The number of anilines is 1. The summed E-state index contributed by atoms with van der Waals surface area (Å²) in [6, 6.07) is 6.51. The molecule has 1 heterocycles. The second-order valence-electron chi connectivity index (χ2n) is 4.40. The van der Waals surface area contributed by atoms with Crippen LogP contribution in [0.15, 0.2) is 30.6 Å². The lowest BCUT2D eigenvalue weighted by Crippen LogP contribution is -2.05. The zero-order valence-electron chi connectivity index (χ0n) is 11.2. The molecular formula is C14H17F2N3O. The minimum atomic E-state index is -2.88. The van der Waals surface area contributed by atoms with Gasteiger partial charge < -0.3 is 15.0 Å². The van der Waals surface area contributed by atoms with Crippen molar-refractivity contribution in [3.05, 3.63) is 30.6 Å². The molecule has 6 heteroatoms. The average molecular weight is 281 g/mol. The van der Waals surface area contributed by atoms with Crippen LogP contribution < -0.4 is 10.5 Å². The summed E-state index contributed by atoms with van der Waals surface area (Å²) in [5.74, 6) is 0.540. The largest absolute Gasteiger partial charge is 0.434 e. The van der Waals surface area contributed by atoms with Gasteiger partial charge in [-0.15, -0.1) is 0 Å². The van der Waals surface area contributed by atoms with Gasteiger partial charge in [0.15, 0.2) is 0 Å². The van der Waals surface area contributed by atoms with E-state index in [2.05, 4.69) is 16.6 Å². The Bertz CT molecular complexity index is 569. The Hall–Kier alpha value is -2.11. The fourth-order valence-corrected chi connectivity index (χ4v) is 1.97. The molecule has 2 aromatic rings. The lowest BCUT2D eigenvalue weighted by atomic mass is 10.1. The lowest BCUT2D eigenvalue weighted by Gasteiger charge is -2.10. The monoisotopic (exact) mass is 281 g/mol. The number of halogens is 2. The molecule has 0 spiro atoms. The topological polar surface area (TPSA) is 53.1 Å². The van der Waals surface area contributed by atoms with Crippen molar-refractivity contribution >= 4 is 5.82 Å². The number of nitrogen functional groups attached to an aromatic ring is 1. The first kappa shape index (κ1) is 14.3. The molecule has 0 saturated carbocycles. The Morgan fingerprint density at radius 2 is 2.10 bits per heavy atom. The van der Waals surface area contributed by atoms with E-state index in [1.54, 1.807) is 24.5 Å². The van der Waals surface area contributed by atoms with Gasteiger partial charge >= 0.3 is 6.61 Å². The number of alkyl halides is 2. The number of unbranched alkanes of at least 4 members (excludes halogenated alkanes) is 1. The van der Waals surface area contributed by atoms with Crippen molar-refractivity contribution in [3.8, 4) is 17.0 Å². The van der Waals surface area contributed by atoms with Crippen LogP contribution in [-0.4, -0.2) is 16.2 Å². The van der Waals surface area contributed by atoms with E-state index >= 15 is 0 Å². The molecule has 0 saturated heterocycles. The quantitative estimate of drug-likeness (QED) is 0.881. The number of para-hydroxylation sites is 1. The second-order valence-corrected chi connectivity index (χ2v) is 4.40. The minimum absolute atomic E-state index is 0.0786. The first-order chi connectivity index (χ1) is 9.63. The van der Waals surface area contributed by atoms with E-state index in [1.165, 1.54) is 6.07 Å². The van der Waals surface area contributed by atoms with Gasteiger partial charge in [-0.25, -0.2) is 4.98 Å². The first-order valence-corrected chi connectivity index (χ1v) is 6.48. The number of imidazole rings is 1. The number of nitrogens with two attached hydrogens (primary N) is 1. The second kappa shape index (κ2) is 6.36. The van der Waals surface area contributed by atoms with Crippen molar-refractivity contribution in [2.75, 3.05) is 5.73 Å². The van der Waals surface area contributed by atoms with E-state index in [9.17, 15) is 8.78 Å². The van der Waals surface area contributed by atoms with E-state index in [4.69, 9.17) is 5.73 Å². The molecule has 1 aromatic carbocycles. The smallest absolute Gasteiger partial charge is 0.387 e. The van der Waals surface area contributed by atoms with Crippen molar-refractivity contribution < 1.29 is 13.5 Å². The van der Waals surface area contributed by atoms with Gasteiger partial charge in [0.25, 0.3) is 0 Å². The number of aryl methyl sites for hydroxylation is 1. The highest BCUT2D eigenvalue weighted by atomic mass is 19.3. The number of benzene rings is 1. The van der Waals surface area contributed by atoms with E-state index in [0.717, 1.165) is 19.4 Å². The Balaban J connectivity index is 2.34. The van der Waals surface area contributed by atoms with Crippen LogP contribution in [0.5, 0.6) is 5.75 Å². The Morgan fingerprint density at radius 1 is 1.35 bits per heavy atom. The van der Waals surface area contributed by atoms with Gasteiger partial charge in [-0.1, -0.05) is 25.5 Å². The molecule has 4 nitrogen and oxygen atoms in total. The molecule has 0 atom stereocenters. The summed E-state index contributed by atoms with van der Waals surface area (Å²) in [7, 11) is 0. The van der Waals surface area contributed by atoms with E-state index in [0.29, 0.717) is 17.1 Å². The van der Waals surface area contributed by atoms with Crippen LogP contribution >= 0.6 is 0 Å². The van der Waals surface area contributed by atoms with Crippen LogP contribution in [0.4, 0.5) is 14.6 Å². The summed E-state index contributed by atoms with van der Waals surface area (Å²) in [6.07, 6.45) is 3.65.